The molecule has 3 aromatic heterocycles. The van der Waals surface area contributed by atoms with E-state index in [4.69, 9.17) is 21.3 Å². The summed E-state index contributed by atoms with van der Waals surface area (Å²) in [7, 11) is 4.26. The van der Waals surface area contributed by atoms with Crippen LogP contribution in [0.1, 0.15) is 41.4 Å². The molecule has 4 heterocycles. The van der Waals surface area contributed by atoms with Gasteiger partial charge in [-0.2, -0.15) is 0 Å². The maximum Gasteiger partial charge on any atom is 0.332 e. The highest BCUT2D eigenvalue weighted by Gasteiger charge is 2.60. The molecule has 52 heavy (non-hydrogen) atoms. The fourth-order valence-corrected chi connectivity index (χ4v) is 8.54. The van der Waals surface area contributed by atoms with Crippen molar-refractivity contribution in [3.8, 4) is 28.3 Å². The van der Waals surface area contributed by atoms with Crippen LogP contribution >= 0.6 is 11.6 Å². The predicted octanol–water partition coefficient (Wildman–Crippen LogP) is 5.66. The number of alkyl halides is 2. The first-order valence-corrected chi connectivity index (χ1v) is 17.2. The van der Waals surface area contributed by atoms with Crippen LogP contribution in [0, 0.1) is 24.7 Å². The van der Waals surface area contributed by atoms with Gasteiger partial charge in [-0.25, -0.2) is 28.5 Å². The number of nitrogens with zero attached hydrogens (tertiary/aromatic N) is 6. The lowest BCUT2D eigenvalue weighted by molar-refractivity contribution is -0.139. The Bertz CT molecular complexity index is 2440. The number of methoxy groups -OCH3 is 1. The van der Waals surface area contributed by atoms with Crippen LogP contribution in [0.4, 0.5) is 20.3 Å². The van der Waals surface area contributed by atoms with Crippen LogP contribution in [-0.2, 0) is 25.3 Å². The molecular weight excluding hydrogens is 696 g/mol. The average Bonchev–Trinajstić information content (AvgIpc) is 3.40. The standard InChI is InChI=1S/C37H34ClF2N7O5/c1-16-18(7-6-10-23(16)41-31-28-33(44-32(43-31)30(39)40)45(2)37(51)46(3)35(28)48)19-8-5-9-20(29(19)38)24-13-17-11-12-25(26(17)34(42-24)52-4)47-14-21-22(15-47)27(21)36(49)50/h5-10,13,21-22,25,27,30H,11-12,14-15H2,1-4H3,(H,49,50)(H,41,43,44)/t21-,22+,25-,27?/m1/s1. The number of carboxylic acids is 1. The summed E-state index contributed by atoms with van der Waals surface area (Å²) in [6.07, 6.45) is -1.33. The summed E-state index contributed by atoms with van der Waals surface area (Å²) in [6, 6.07) is 13.2. The first-order valence-electron chi connectivity index (χ1n) is 16.9. The number of hydrogen-bond donors (Lipinski definition) is 2. The van der Waals surface area contributed by atoms with Crippen molar-refractivity contribution in [3.63, 3.8) is 0 Å². The quantitative estimate of drug-likeness (QED) is 0.205. The topological polar surface area (TPSA) is 144 Å². The van der Waals surface area contributed by atoms with E-state index < -0.39 is 29.5 Å². The molecule has 1 saturated heterocycles. The Kier molecular flexibility index (Phi) is 8.14. The van der Waals surface area contributed by atoms with Crippen LogP contribution < -0.4 is 21.3 Å². The van der Waals surface area contributed by atoms with E-state index in [1.807, 2.05) is 31.2 Å². The SMILES string of the molecule is COc1nc(-c2cccc(-c3cccc(Nc4nc(C(F)F)nc5c4c(=O)n(C)c(=O)n5C)c3C)c2Cl)cc2c1[C@H](N1C[C@@H]3C(C(=O)O)[C@@H]3C1)CC2. The maximum atomic E-state index is 13.9. The number of halogens is 3. The van der Waals surface area contributed by atoms with Crippen molar-refractivity contribution >= 4 is 40.1 Å². The molecule has 5 aromatic rings. The number of likely N-dealkylation sites (tertiary alicyclic amines) is 1. The Morgan fingerprint density at radius 1 is 1.02 bits per heavy atom. The highest BCUT2D eigenvalue weighted by molar-refractivity contribution is 6.36. The van der Waals surface area contributed by atoms with Crippen LogP contribution in [0.3, 0.4) is 0 Å². The van der Waals surface area contributed by atoms with E-state index in [1.54, 1.807) is 19.2 Å². The van der Waals surface area contributed by atoms with Gasteiger partial charge in [0.25, 0.3) is 12.0 Å². The van der Waals surface area contributed by atoms with Gasteiger partial charge in [-0.1, -0.05) is 41.9 Å². The minimum atomic E-state index is -3.05. The highest BCUT2D eigenvalue weighted by Crippen LogP contribution is 2.55. The van der Waals surface area contributed by atoms with Gasteiger partial charge in [0.2, 0.25) is 5.88 Å². The molecule has 268 valence electrons. The molecule has 2 N–H and O–H groups in total. The van der Waals surface area contributed by atoms with Crippen LogP contribution in [-0.4, -0.2) is 60.3 Å². The fraction of sp³-hybridized carbons (Fsp3) is 0.351. The Labute approximate surface area is 300 Å². The van der Waals surface area contributed by atoms with Crippen molar-refractivity contribution in [2.75, 3.05) is 25.5 Å². The van der Waals surface area contributed by atoms with Crippen LogP contribution in [0.15, 0.2) is 52.1 Å². The van der Waals surface area contributed by atoms with Crippen molar-refractivity contribution in [2.24, 2.45) is 31.8 Å². The lowest BCUT2D eigenvalue weighted by Crippen LogP contribution is -2.38. The minimum absolute atomic E-state index is 0.108. The zero-order valence-corrected chi connectivity index (χ0v) is 29.4. The molecule has 2 aromatic carbocycles. The number of benzene rings is 2. The molecule has 1 aliphatic heterocycles. The summed E-state index contributed by atoms with van der Waals surface area (Å²) in [4.78, 5) is 52.5. The number of ether oxygens (including phenoxy) is 1. The molecule has 12 nitrogen and oxygen atoms in total. The number of piperidine rings is 1. The van der Waals surface area contributed by atoms with E-state index in [1.165, 1.54) is 14.1 Å². The molecule has 0 spiro atoms. The van der Waals surface area contributed by atoms with Gasteiger partial charge in [-0.15, -0.1) is 0 Å². The number of aliphatic carboxylic acids is 1. The van der Waals surface area contributed by atoms with E-state index in [0.717, 1.165) is 51.8 Å². The molecular formula is C37H34ClF2N7O5. The van der Waals surface area contributed by atoms with Gasteiger partial charge in [0.1, 0.15) is 11.2 Å². The second kappa shape index (κ2) is 12.5. The highest BCUT2D eigenvalue weighted by atomic mass is 35.5. The van der Waals surface area contributed by atoms with Gasteiger partial charge >= 0.3 is 11.7 Å². The number of aryl methyl sites for hydroxylation is 2. The smallest absolute Gasteiger partial charge is 0.332 e. The summed E-state index contributed by atoms with van der Waals surface area (Å²) in [5.74, 6) is -0.977. The maximum absolute atomic E-state index is 13.9. The second-order valence-corrected chi connectivity index (χ2v) is 14.1. The monoisotopic (exact) mass is 729 g/mol. The first kappa shape index (κ1) is 33.9. The molecule has 0 radical (unpaired) electrons. The van der Waals surface area contributed by atoms with Crippen LogP contribution in [0.2, 0.25) is 5.02 Å². The lowest BCUT2D eigenvalue weighted by Gasteiger charge is -2.27. The van der Waals surface area contributed by atoms with Crippen LogP contribution in [0.5, 0.6) is 5.88 Å². The summed E-state index contributed by atoms with van der Waals surface area (Å²) >= 11 is 7.17. The second-order valence-electron chi connectivity index (χ2n) is 13.7. The molecule has 3 aliphatic rings. The van der Waals surface area contributed by atoms with Crippen molar-refractivity contribution in [2.45, 2.75) is 32.2 Å². The number of carboxylic acid groups (broad SMARTS) is 1. The Morgan fingerprint density at radius 2 is 1.71 bits per heavy atom. The molecule has 1 unspecified atom stereocenters. The Hall–Kier alpha value is -5.21. The van der Waals surface area contributed by atoms with Gasteiger partial charge in [0.05, 0.1) is 23.7 Å². The number of carbonyl (C=O) groups is 1. The Morgan fingerprint density at radius 3 is 2.40 bits per heavy atom. The van der Waals surface area contributed by atoms with Gasteiger partial charge < -0.3 is 15.2 Å². The molecule has 1 saturated carbocycles. The van der Waals surface area contributed by atoms with Crippen molar-refractivity contribution in [1.82, 2.24) is 29.0 Å². The van der Waals surface area contributed by atoms with E-state index in [9.17, 15) is 28.3 Å². The zero-order valence-electron chi connectivity index (χ0n) is 28.7. The van der Waals surface area contributed by atoms with E-state index in [-0.39, 0.29) is 40.6 Å². The summed E-state index contributed by atoms with van der Waals surface area (Å²) in [5, 5.41) is 12.9. The van der Waals surface area contributed by atoms with E-state index in [0.29, 0.717) is 39.0 Å². The number of aromatic nitrogens is 5. The molecule has 0 amide bonds. The molecule has 0 bridgehead atoms. The lowest BCUT2D eigenvalue weighted by atomic mass is 9.96. The van der Waals surface area contributed by atoms with Gasteiger partial charge in [-0.05, 0) is 60.4 Å². The van der Waals surface area contributed by atoms with Gasteiger partial charge in [0, 0.05) is 55.6 Å². The number of rotatable bonds is 8. The third kappa shape index (κ3) is 5.26. The largest absolute Gasteiger partial charge is 0.481 e. The minimum Gasteiger partial charge on any atom is -0.481 e. The summed E-state index contributed by atoms with van der Waals surface area (Å²) in [6.45, 7) is 3.35. The predicted molar refractivity (Wildman–Crippen MR) is 190 cm³/mol. The van der Waals surface area contributed by atoms with Crippen molar-refractivity contribution < 1.29 is 23.4 Å². The molecule has 2 fully saturated rings. The van der Waals surface area contributed by atoms with E-state index >= 15 is 0 Å². The number of hydrogen-bond acceptors (Lipinski definition) is 9. The van der Waals surface area contributed by atoms with Gasteiger partial charge in [0.15, 0.2) is 11.5 Å². The number of pyridine rings is 1. The zero-order chi connectivity index (χ0) is 36.7. The summed E-state index contributed by atoms with van der Waals surface area (Å²) < 4.78 is 35.6. The summed E-state index contributed by atoms with van der Waals surface area (Å²) in [5.41, 5.74) is 4.49. The number of nitrogens with one attached hydrogen (secondary N) is 1. The molecule has 15 heteroatoms. The molecule has 4 atom stereocenters. The average molecular weight is 730 g/mol. The molecule has 2 aliphatic carbocycles. The number of anilines is 2. The van der Waals surface area contributed by atoms with Gasteiger partial charge in [-0.3, -0.25) is 23.6 Å². The van der Waals surface area contributed by atoms with Crippen molar-refractivity contribution in [3.05, 3.63) is 90.8 Å². The third-order valence-electron chi connectivity index (χ3n) is 10.9. The normalized spacial score (nSPS) is 20.7. The molecule has 8 rings (SSSR count). The van der Waals surface area contributed by atoms with Crippen LogP contribution in [0.25, 0.3) is 33.4 Å². The number of fused-ring (bicyclic) bond motifs is 3. The van der Waals surface area contributed by atoms with Crippen molar-refractivity contribution in [1.29, 1.82) is 0 Å². The van der Waals surface area contributed by atoms with E-state index in [2.05, 4.69) is 26.3 Å². The first-order chi connectivity index (χ1) is 24.9. The fourth-order valence-electron chi connectivity index (χ4n) is 8.21. The third-order valence-corrected chi connectivity index (χ3v) is 11.3. The Balaban J connectivity index is 1.15.